The summed E-state index contributed by atoms with van der Waals surface area (Å²) in [4.78, 5) is 16.7. The average molecular weight is 339 g/mol. The lowest BCUT2D eigenvalue weighted by Crippen LogP contribution is -2.38. The Balaban J connectivity index is 1.60. The highest BCUT2D eigenvalue weighted by Gasteiger charge is 2.19. The van der Waals surface area contributed by atoms with Crippen LogP contribution in [-0.4, -0.2) is 33.6 Å². The molecule has 0 bridgehead atoms. The molecule has 1 aromatic carbocycles. The second-order valence-corrected chi connectivity index (χ2v) is 5.95. The number of ether oxygens (including phenoxy) is 1. The summed E-state index contributed by atoms with van der Waals surface area (Å²) in [6.07, 6.45) is 3.09. The van der Waals surface area contributed by atoms with Crippen molar-refractivity contribution in [3.8, 4) is 5.75 Å². The van der Waals surface area contributed by atoms with Gasteiger partial charge in [-0.15, -0.1) is 0 Å². The van der Waals surface area contributed by atoms with Gasteiger partial charge in [-0.25, -0.2) is 4.98 Å². The van der Waals surface area contributed by atoms with Gasteiger partial charge in [-0.2, -0.15) is 0 Å². The number of imidazole rings is 1. The van der Waals surface area contributed by atoms with Crippen LogP contribution in [0, 0.1) is 0 Å². The number of pyridine rings is 1. The summed E-state index contributed by atoms with van der Waals surface area (Å²) in [7, 11) is 1.59. The number of benzene rings is 1. The Bertz CT molecular complexity index is 825. The Hall–Kier alpha value is -2.86. The predicted octanol–water partition coefficient (Wildman–Crippen LogP) is 2.12. The van der Waals surface area contributed by atoms with Gasteiger partial charge in [0.15, 0.2) is 0 Å². The maximum Gasteiger partial charge on any atom is 0.226 e. The highest BCUT2D eigenvalue weighted by Crippen LogP contribution is 2.20. The molecule has 3 aromatic rings. The van der Waals surface area contributed by atoms with Crippen LogP contribution in [0.25, 0.3) is 5.65 Å². The van der Waals surface area contributed by atoms with Gasteiger partial charge >= 0.3 is 0 Å². The molecular formula is C19H21N3O3. The fourth-order valence-electron chi connectivity index (χ4n) is 2.71. The first kappa shape index (κ1) is 17.0. The second-order valence-electron chi connectivity index (χ2n) is 5.95. The number of nitrogens with one attached hydrogen (secondary N) is 1. The standard InChI is InChI=1S/C19H21N3O3/c1-13(19(24)14-6-8-16(25-2)9-7-14)20-18(23)11-15-12-22-10-4-3-5-17(22)21-15/h3-10,12-13,19,24H,11H2,1-2H3,(H,20,23). The minimum absolute atomic E-state index is 0.168. The van der Waals surface area contributed by atoms with E-state index in [1.165, 1.54) is 0 Å². The molecule has 0 aliphatic carbocycles. The van der Waals surface area contributed by atoms with Crippen LogP contribution in [0.2, 0.25) is 0 Å². The molecule has 0 aliphatic heterocycles. The molecule has 6 heteroatoms. The zero-order valence-corrected chi connectivity index (χ0v) is 14.2. The van der Waals surface area contributed by atoms with Gasteiger partial charge in [0, 0.05) is 12.4 Å². The third-order valence-electron chi connectivity index (χ3n) is 4.08. The lowest BCUT2D eigenvalue weighted by atomic mass is 10.0. The van der Waals surface area contributed by atoms with Gasteiger partial charge in [-0.1, -0.05) is 18.2 Å². The van der Waals surface area contributed by atoms with Crippen molar-refractivity contribution < 1.29 is 14.6 Å². The highest BCUT2D eigenvalue weighted by atomic mass is 16.5. The van der Waals surface area contributed by atoms with Crippen LogP contribution < -0.4 is 10.1 Å². The SMILES string of the molecule is COc1ccc(C(O)C(C)NC(=O)Cc2cn3ccccc3n2)cc1. The monoisotopic (exact) mass is 339 g/mol. The van der Waals surface area contributed by atoms with E-state index in [9.17, 15) is 9.90 Å². The normalized spacial score (nSPS) is 13.4. The number of carbonyl (C=O) groups excluding carboxylic acids is 1. The lowest BCUT2D eigenvalue weighted by Gasteiger charge is -2.20. The molecule has 6 nitrogen and oxygen atoms in total. The largest absolute Gasteiger partial charge is 0.497 e. The Morgan fingerprint density at radius 2 is 2.04 bits per heavy atom. The quantitative estimate of drug-likeness (QED) is 0.721. The van der Waals surface area contributed by atoms with Crippen LogP contribution in [-0.2, 0) is 11.2 Å². The molecule has 2 heterocycles. The first-order chi connectivity index (χ1) is 12.1. The molecule has 0 radical (unpaired) electrons. The number of nitrogens with zero attached hydrogens (tertiary/aromatic N) is 2. The van der Waals surface area contributed by atoms with E-state index in [4.69, 9.17) is 4.74 Å². The van der Waals surface area contributed by atoms with E-state index in [1.807, 2.05) is 35.0 Å². The number of hydrogen-bond acceptors (Lipinski definition) is 4. The molecule has 0 saturated carbocycles. The maximum atomic E-state index is 12.2. The number of amides is 1. The van der Waals surface area contributed by atoms with Crippen LogP contribution in [0.3, 0.4) is 0 Å². The maximum absolute atomic E-state index is 12.2. The fraction of sp³-hybridized carbons (Fsp3) is 0.263. The zero-order chi connectivity index (χ0) is 17.8. The molecule has 2 aromatic heterocycles. The molecule has 2 N–H and O–H groups in total. The predicted molar refractivity (Wildman–Crippen MR) is 94.5 cm³/mol. The van der Waals surface area contributed by atoms with Crippen LogP contribution in [0.1, 0.15) is 24.3 Å². The molecule has 25 heavy (non-hydrogen) atoms. The van der Waals surface area contributed by atoms with Gasteiger partial charge in [0.05, 0.1) is 31.4 Å². The molecule has 2 unspecified atom stereocenters. The highest BCUT2D eigenvalue weighted by molar-refractivity contribution is 5.78. The summed E-state index contributed by atoms with van der Waals surface area (Å²) in [5.74, 6) is 0.544. The first-order valence-electron chi connectivity index (χ1n) is 8.11. The van der Waals surface area contributed by atoms with E-state index < -0.39 is 12.1 Å². The van der Waals surface area contributed by atoms with Crippen molar-refractivity contribution in [3.05, 3.63) is 66.1 Å². The first-order valence-corrected chi connectivity index (χ1v) is 8.11. The molecule has 2 atom stereocenters. The Morgan fingerprint density at radius 3 is 2.72 bits per heavy atom. The molecule has 0 spiro atoms. The number of aromatic nitrogens is 2. The minimum atomic E-state index is -0.795. The van der Waals surface area contributed by atoms with E-state index >= 15 is 0 Å². The Kier molecular flexibility index (Phi) is 5.00. The van der Waals surface area contributed by atoms with Crippen LogP contribution in [0.4, 0.5) is 0 Å². The number of carbonyl (C=O) groups is 1. The van der Waals surface area contributed by atoms with Gasteiger partial charge in [0.2, 0.25) is 5.91 Å². The summed E-state index contributed by atoms with van der Waals surface area (Å²) < 4.78 is 6.98. The van der Waals surface area contributed by atoms with Gasteiger partial charge < -0.3 is 19.6 Å². The number of rotatable bonds is 6. The Labute approximate surface area is 146 Å². The molecule has 130 valence electrons. The van der Waals surface area contributed by atoms with E-state index in [-0.39, 0.29) is 12.3 Å². The van der Waals surface area contributed by atoms with Crippen LogP contribution in [0.15, 0.2) is 54.9 Å². The zero-order valence-electron chi connectivity index (χ0n) is 14.2. The summed E-state index contributed by atoms with van der Waals surface area (Å²) in [6.45, 7) is 1.77. The van der Waals surface area contributed by atoms with Crippen molar-refractivity contribution in [2.75, 3.05) is 7.11 Å². The molecule has 3 rings (SSSR count). The summed E-state index contributed by atoms with van der Waals surface area (Å²) in [5, 5.41) is 13.2. The summed E-state index contributed by atoms with van der Waals surface area (Å²) >= 11 is 0. The van der Waals surface area contributed by atoms with E-state index in [0.717, 1.165) is 17.0 Å². The summed E-state index contributed by atoms with van der Waals surface area (Å²) in [6, 6.07) is 12.4. The average Bonchev–Trinajstić information content (AvgIpc) is 3.03. The van der Waals surface area contributed by atoms with E-state index in [0.29, 0.717) is 5.69 Å². The lowest BCUT2D eigenvalue weighted by molar-refractivity contribution is -0.121. The van der Waals surface area contributed by atoms with Crippen LogP contribution in [0.5, 0.6) is 5.75 Å². The van der Waals surface area contributed by atoms with Crippen molar-refractivity contribution in [2.24, 2.45) is 0 Å². The van der Waals surface area contributed by atoms with Crippen molar-refractivity contribution >= 4 is 11.6 Å². The Morgan fingerprint density at radius 1 is 1.28 bits per heavy atom. The van der Waals surface area contributed by atoms with Gasteiger partial charge in [0.25, 0.3) is 0 Å². The molecule has 0 fully saturated rings. The van der Waals surface area contributed by atoms with Crippen molar-refractivity contribution in [3.63, 3.8) is 0 Å². The number of aliphatic hydroxyl groups excluding tert-OH is 1. The van der Waals surface area contributed by atoms with Gasteiger partial charge in [-0.3, -0.25) is 4.79 Å². The smallest absolute Gasteiger partial charge is 0.226 e. The molecular weight excluding hydrogens is 318 g/mol. The van der Waals surface area contributed by atoms with Crippen LogP contribution >= 0.6 is 0 Å². The number of aliphatic hydroxyl groups is 1. The van der Waals surface area contributed by atoms with E-state index in [1.54, 1.807) is 38.3 Å². The second kappa shape index (κ2) is 7.36. The topological polar surface area (TPSA) is 75.9 Å². The summed E-state index contributed by atoms with van der Waals surface area (Å²) in [5.41, 5.74) is 2.22. The number of hydrogen-bond donors (Lipinski definition) is 2. The van der Waals surface area contributed by atoms with Crippen molar-refractivity contribution in [1.82, 2.24) is 14.7 Å². The fourth-order valence-corrected chi connectivity index (χ4v) is 2.71. The third kappa shape index (κ3) is 3.97. The molecule has 0 saturated heterocycles. The van der Waals surface area contributed by atoms with Crippen molar-refractivity contribution in [1.29, 1.82) is 0 Å². The molecule has 0 aliphatic rings. The van der Waals surface area contributed by atoms with E-state index in [2.05, 4.69) is 10.3 Å². The third-order valence-corrected chi connectivity index (χ3v) is 4.08. The van der Waals surface area contributed by atoms with Gasteiger partial charge in [-0.05, 0) is 36.8 Å². The van der Waals surface area contributed by atoms with Gasteiger partial charge in [0.1, 0.15) is 11.4 Å². The molecule has 1 amide bonds. The minimum Gasteiger partial charge on any atom is -0.497 e. The number of methoxy groups -OCH3 is 1. The van der Waals surface area contributed by atoms with Crippen molar-refractivity contribution in [2.45, 2.75) is 25.5 Å². The number of fused-ring (bicyclic) bond motifs is 1.